The third kappa shape index (κ3) is 5.38. The van der Waals surface area contributed by atoms with E-state index >= 15 is 0 Å². The molecule has 0 spiro atoms. The van der Waals surface area contributed by atoms with E-state index in [-0.39, 0.29) is 18.1 Å². The SMILES string of the molecule is CC(C)c1ccccc1C(=O)Cc1cccc(OCC(F)(F)C(C)(C)C)c1. The first-order valence-electron chi connectivity index (χ1n) is 9.23. The Balaban J connectivity index is 2.11. The zero-order chi connectivity index (χ0) is 20.2. The van der Waals surface area contributed by atoms with Gasteiger partial charge in [-0.15, -0.1) is 0 Å². The summed E-state index contributed by atoms with van der Waals surface area (Å²) in [5, 5.41) is 0. The van der Waals surface area contributed by atoms with Crippen molar-refractivity contribution in [1.82, 2.24) is 0 Å². The molecule has 0 saturated heterocycles. The van der Waals surface area contributed by atoms with Gasteiger partial charge in [0.15, 0.2) is 12.4 Å². The van der Waals surface area contributed by atoms with E-state index in [4.69, 9.17) is 4.74 Å². The number of hydrogen-bond acceptors (Lipinski definition) is 2. The molecular formula is C23H28F2O2. The number of benzene rings is 2. The zero-order valence-electron chi connectivity index (χ0n) is 16.7. The molecule has 0 N–H and O–H groups in total. The molecule has 0 aliphatic rings. The van der Waals surface area contributed by atoms with Gasteiger partial charge in [-0.1, -0.05) is 71.0 Å². The van der Waals surface area contributed by atoms with Crippen LogP contribution in [0.15, 0.2) is 48.5 Å². The van der Waals surface area contributed by atoms with Gasteiger partial charge in [-0.25, -0.2) is 8.78 Å². The number of alkyl halides is 2. The highest BCUT2D eigenvalue weighted by Crippen LogP contribution is 2.36. The van der Waals surface area contributed by atoms with Gasteiger partial charge in [0.2, 0.25) is 0 Å². The molecule has 4 heteroatoms. The van der Waals surface area contributed by atoms with Gasteiger partial charge in [0.1, 0.15) is 5.75 Å². The molecule has 0 saturated carbocycles. The Morgan fingerprint density at radius 3 is 2.33 bits per heavy atom. The Morgan fingerprint density at radius 1 is 1.04 bits per heavy atom. The summed E-state index contributed by atoms with van der Waals surface area (Å²) in [5.41, 5.74) is 1.29. The minimum Gasteiger partial charge on any atom is -0.487 e. The average molecular weight is 374 g/mol. The Bertz CT molecular complexity index is 789. The van der Waals surface area contributed by atoms with Crippen LogP contribution in [0.25, 0.3) is 0 Å². The van der Waals surface area contributed by atoms with Gasteiger partial charge in [-0.3, -0.25) is 4.79 Å². The molecule has 27 heavy (non-hydrogen) atoms. The predicted molar refractivity (Wildman–Crippen MR) is 105 cm³/mol. The maximum atomic E-state index is 14.1. The summed E-state index contributed by atoms with van der Waals surface area (Å²) in [7, 11) is 0. The van der Waals surface area contributed by atoms with Crippen molar-refractivity contribution in [2.24, 2.45) is 5.41 Å². The van der Waals surface area contributed by atoms with Crippen molar-refractivity contribution in [3.05, 3.63) is 65.2 Å². The zero-order valence-corrected chi connectivity index (χ0v) is 16.7. The van der Waals surface area contributed by atoms with Crippen molar-refractivity contribution in [1.29, 1.82) is 0 Å². The van der Waals surface area contributed by atoms with Crippen LogP contribution in [0, 0.1) is 5.41 Å². The third-order valence-corrected chi connectivity index (χ3v) is 4.66. The van der Waals surface area contributed by atoms with Crippen LogP contribution in [0.5, 0.6) is 5.75 Å². The number of halogens is 2. The van der Waals surface area contributed by atoms with E-state index in [1.54, 1.807) is 18.2 Å². The molecule has 2 aromatic carbocycles. The normalized spacial score (nSPS) is 12.3. The van der Waals surface area contributed by atoms with Crippen LogP contribution in [0.3, 0.4) is 0 Å². The molecular weight excluding hydrogens is 346 g/mol. The Labute approximate surface area is 160 Å². The van der Waals surface area contributed by atoms with Gasteiger partial charge in [-0.05, 0) is 29.2 Å². The summed E-state index contributed by atoms with van der Waals surface area (Å²) in [6, 6.07) is 14.4. The smallest absolute Gasteiger partial charge is 0.286 e. The molecule has 0 unspecified atom stereocenters. The van der Waals surface area contributed by atoms with Gasteiger partial charge in [0.05, 0.1) is 0 Å². The summed E-state index contributed by atoms with van der Waals surface area (Å²) in [4.78, 5) is 12.7. The fourth-order valence-corrected chi connectivity index (χ4v) is 2.67. The van der Waals surface area contributed by atoms with Crippen LogP contribution < -0.4 is 4.74 Å². The number of carbonyl (C=O) groups excluding carboxylic acids is 1. The average Bonchev–Trinajstić information content (AvgIpc) is 2.59. The first-order chi connectivity index (χ1) is 12.5. The fourth-order valence-electron chi connectivity index (χ4n) is 2.67. The van der Waals surface area contributed by atoms with E-state index in [0.717, 1.165) is 11.1 Å². The quantitative estimate of drug-likeness (QED) is 0.532. The lowest BCUT2D eigenvalue weighted by Crippen LogP contribution is -2.39. The van der Waals surface area contributed by atoms with Crippen LogP contribution in [0.1, 0.15) is 62.0 Å². The van der Waals surface area contributed by atoms with Crippen molar-refractivity contribution in [3.63, 3.8) is 0 Å². The van der Waals surface area contributed by atoms with E-state index in [2.05, 4.69) is 13.8 Å². The van der Waals surface area contributed by atoms with Gasteiger partial charge >= 0.3 is 0 Å². The fraction of sp³-hybridized carbons (Fsp3) is 0.435. The first kappa shape index (κ1) is 21.1. The number of rotatable bonds is 7. The second-order valence-electron chi connectivity index (χ2n) is 8.23. The second-order valence-corrected chi connectivity index (χ2v) is 8.23. The molecule has 0 amide bonds. The molecule has 0 bridgehead atoms. The maximum Gasteiger partial charge on any atom is 0.286 e. The van der Waals surface area contributed by atoms with Crippen molar-refractivity contribution in [3.8, 4) is 5.75 Å². The minimum atomic E-state index is -2.95. The molecule has 0 radical (unpaired) electrons. The van der Waals surface area contributed by atoms with Crippen LogP contribution in [0.4, 0.5) is 8.78 Å². The molecule has 2 rings (SSSR count). The molecule has 0 fully saturated rings. The molecule has 2 aromatic rings. The number of ether oxygens (including phenoxy) is 1. The number of hydrogen-bond donors (Lipinski definition) is 0. The molecule has 146 valence electrons. The van der Waals surface area contributed by atoms with Crippen LogP contribution in [-0.4, -0.2) is 18.3 Å². The molecule has 0 aliphatic carbocycles. The largest absolute Gasteiger partial charge is 0.487 e. The third-order valence-electron chi connectivity index (χ3n) is 4.66. The number of carbonyl (C=O) groups is 1. The molecule has 0 atom stereocenters. The van der Waals surface area contributed by atoms with E-state index in [1.807, 2.05) is 30.3 Å². The lowest BCUT2D eigenvalue weighted by atomic mass is 9.88. The highest BCUT2D eigenvalue weighted by molar-refractivity contribution is 5.99. The molecule has 0 aromatic heterocycles. The minimum absolute atomic E-state index is 0.0106. The Kier molecular flexibility index (Phi) is 6.40. The summed E-state index contributed by atoms with van der Waals surface area (Å²) in [6.07, 6.45) is 0.205. The lowest BCUT2D eigenvalue weighted by molar-refractivity contribution is -0.123. The Morgan fingerprint density at radius 2 is 1.70 bits per heavy atom. The van der Waals surface area contributed by atoms with E-state index < -0.39 is 17.9 Å². The van der Waals surface area contributed by atoms with Gasteiger partial charge in [0.25, 0.3) is 5.92 Å². The summed E-state index contributed by atoms with van der Waals surface area (Å²) < 4.78 is 33.5. The van der Waals surface area contributed by atoms with Crippen molar-refractivity contribution in [2.75, 3.05) is 6.61 Å². The molecule has 0 aliphatic heterocycles. The van der Waals surface area contributed by atoms with Gasteiger partial charge in [0, 0.05) is 17.4 Å². The highest BCUT2D eigenvalue weighted by Gasteiger charge is 2.43. The van der Waals surface area contributed by atoms with E-state index in [9.17, 15) is 13.6 Å². The lowest BCUT2D eigenvalue weighted by Gasteiger charge is -2.30. The predicted octanol–water partition coefficient (Wildman–Crippen LogP) is 6.30. The first-order valence-corrected chi connectivity index (χ1v) is 9.23. The topological polar surface area (TPSA) is 26.3 Å². The van der Waals surface area contributed by atoms with Crippen molar-refractivity contribution >= 4 is 5.78 Å². The standard InChI is InChI=1S/C23H28F2O2/c1-16(2)19-11-6-7-12-20(19)21(26)14-17-9-8-10-18(13-17)27-15-23(24,25)22(3,4)5/h6-13,16H,14-15H2,1-5H3. The van der Waals surface area contributed by atoms with E-state index in [0.29, 0.717) is 11.3 Å². The molecule has 2 nitrogen and oxygen atoms in total. The van der Waals surface area contributed by atoms with E-state index in [1.165, 1.54) is 20.8 Å². The Hall–Kier alpha value is -2.23. The number of Topliss-reactive ketones (excluding diaryl/α,β-unsaturated/α-hetero) is 1. The maximum absolute atomic E-state index is 14.1. The molecule has 0 heterocycles. The van der Waals surface area contributed by atoms with Crippen LogP contribution >= 0.6 is 0 Å². The highest BCUT2D eigenvalue weighted by atomic mass is 19.3. The van der Waals surface area contributed by atoms with Crippen LogP contribution in [0.2, 0.25) is 0 Å². The second kappa shape index (κ2) is 8.20. The van der Waals surface area contributed by atoms with Crippen molar-refractivity contribution < 1.29 is 18.3 Å². The van der Waals surface area contributed by atoms with Gasteiger partial charge < -0.3 is 4.74 Å². The monoisotopic (exact) mass is 374 g/mol. The van der Waals surface area contributed by atoms with Crippen molar-refractivity contribution in [2.45, 2.75) is 52.9 Å². The summed E-state index contributed by atoms with van der Waals surface area (Å²) >= 11 is 0. The van der Waals surface area contributed by atoms with Crippen LogP contribution in [-0.2, 0) is 6.42 Å². The summed E-state index contributed by atoms with van der Waals surface area (Å²) in [6.45, 7) is 7.86. The summed E-state index contributed by atoms with van der Waals surface area (Å²) in [5.74, 6) is -2.34. The van der Waals surface area contributed by atoms with Gasteiger partial charge in [-0.2, -0.15) is 0 Å². The number of ketones is 1.